The SMILES string of the molecule is COc1ccc(CNc2cc(-c3ccccc3)nc(N3CCCC3)n2)cc1OC. The summed E-state index contributed by atoms with van der Waals surface area (Å²) in [7, 11) is 3.29. The van der Waals surface area contributed by atoms with Gasteiger partial charge in [0.25, 0.3) is 0 Å². The third kappa shape index (κ3) is 4.42. The highest BCUT2D eigenvalue weighted by Gasteiger charge is 2.17. The van der Waals surface area contributed by atoms with Crippen molar-refractivity contribution in [3.05, 3.63) is 60.2 Å². The molecule has 0 bridgehead atoms. The van der Waals surface area contributed by atoms with Crippen LogP contribution in [-0.4, -0.2) is 37.3 Å². The zero-order valence-corrected chi connectivity index (χ0v) is 16.9. The fourth-order valence-corrected chi connectivity index (χ4v) is 3.52. The highest BCUT2D eigenvalue weighted by molar-refractivity contribution is 5.64. The van der Waals surface area contributed by atoms with E-state index >= 15 is 0 Å². The van der Waals surface area contributed by atoms with Crippen LogP contribution in [0.25, 0.3) is 11.3 Å². The number of hydrogen-bond donors (Lipinski definition) is 1. The molecule has 2 heterocycles. The third-order valence-corrected chi connectivity index (χ3v) is 5.09. The van der Waals surface area contributed by atoms with Crippen molar-refractivity contribution in [2.75, 3.05) is 37.5 Å². The van der Waals surface area contributed by atoms with Gasteiger partial charge >= 0.3 is 0 Å². The van der Waals surface area contributed by atoms with Gasteiger partial charge in [-0.25, -0.2) is 4.98 Å². The lowest BCUT2D eigenvalue weighted by molar-refractivity contribution is 0.354. The molecule has 0 radical (unpaired) electrons. The Labute approximate surface area is 171 Å². The Morgan fingerprint density at radius 1 is 0.897 bits per heavy atom. The Morgan fingerprint density at radius 3 is 2.38 bits per heavy atom. The van der Waals surface area contributed by atoms with Crippen molar-refractivity contribution < 1.29 is 9.47 Å². The monoisotopic (exact) mass is 390 g/mol. The normalized spacial score (nSPS) is 13.4. The van der Waals surface area contributed by atoms with Gasteiger partial charge in [-0.2, -0.15) is 4.98 Å². The van der Waals surface area contributed by atoms with Crippen LogP contribution < -0.4 is 19.7 Å². The van der Waals surface area contributed by atoms with Crippen LogP contribution >= 0.6 is 0 Å². The number of rotatable bonds is 7. The Bertz CT molecular complexity index is 956. The largest absolute Gasteiger partial charge is 0.493 e. The number of anilines is 2. The lowest BCUT2D eigenvalue weighted by atomic mass is 10.1. The van der Waals surface area contributed by atoms with Crippen LogP contribution in [0.3, 0.4) is 0 Å². The van der Waals surface area contributed by atoms with E-state index < -0.39 is 0 Å². The Morgan fingerprint density at radius 2 is 1.66 bits per heavy atom. The summed E-state index contributed by atoms with van der Waals surface area (Å²) in [6.45, 7) is 2.64. The summed E-state index contributed by atoms with van der Waals surface area (Å²) in [5.41, 5.74) is 3.10. The molecule has 3 aromatic rings. The van der Waals surface area contributed by atoms with E-state index in [-0.39, 0.29) is 0 Å². The number of nitrogens with zero attached hydrogens (tertiary/aromatic N) is 3. The average Bonchev–Trinajstić information content (AvgIpc) is 3.33. The van der Waals surface area contributed by atoms with E-state index in [0.29, 0.717) is 6.54 Å². The first-order valence-corrected chi connectivity index (χ1v) is 9.91. The molecule has 6 nitrogen and oxygen atoms in total. The van der Waals surface area contributed by atoms with E-state index in [1.54, 1.807) is 14.2 Å². The van der Waals surface area contributed by atoms with Crippen molar-refractivity contribution in [2.45, 2.75) is 19.4 Å². The van der Waals surface area contributed by atoms with Gasteiger partial charge < -0.3 is 19.7 Å². The fourth-order valence-electron chi connectivity index (χ4n) is 3.52. The molecule has 1 aromatic heterocycles. The first-order chi connectivity index (χ1) is 14.3. The minimum Gasteiger partial charge on any atom is -0.493 e. The van der Waals surface area contributed by atoms with E-state index in [4.69, 9.17) is 19.4 Å². The Balaban J connectivity index is 1.60. The van der Waals surface area contributed by atoms with Crippen molar-refractivity contribution in [1.82, 2.24) is 9.97 Å². The smallest absolute Gasteiger partial charge is 0.227 e. The number of methoxy groups -OCH3 is 2. The van der Waals surface area contributed by atoms with E-state index in [0.717, 1.165) is 53.2 Å². The predicted molar refractivity (Wildman–Crippen MR) is 116 cm³/mol. The summed E-state index contributed by atoms with van der Waals surface area (Å²) in [6.07, 6.45) is 2.38. The molecule has 6 heteroatoms. The first kappa shape index (κ1) is 19.1. The van der Waals surface area contributed by atoms with Gasteiger partial charge in [-0.05, 0) is 30.5 Å². The molecule has 150 valence electrons. The van der Waals surface area contributed by atoms with Gasteiger partial charge in [0, 0.05) is 31.3 Å². The molecule has 0 saturated carbocycles. The summed E-state index contributed by atoms with van der Waals surface area (Å²) in [6, 6.07) is 18.2. The maximum atomic E-state index is 5.41. The molecule has 1 aliphatic heterocycles. The number of benzene rings is 2. The maximum absolute atomic E-state index is 5.41. The summed E-state index contributed by atoms with van der Waals surface area (Å²) < 4.78 is 10.7. The van der Waals surface area contributed by atoms with Crippen LogP contribution in [0.2, 0.25) is 0 Å². The van der Waals surface area contributed by atoms with Gasteiger partial charge in [0.2, 0.25) is 5.95 Å². The van der Waals surface area contributed by atoms with Gasteiger partial charge in [-0.3, -0.25) is 0 Å². The minimum atomic E-state index is 0.630. The lowest BCUT2D eigenvalue weighted by Crippen LogP contribution is -2.21. The van der Waals surface area contributed by atoms with E-state index in [9.17, 15) is 0 Å². The topological polar surface area (TPSA) is 59.5 Å². The van der Waals surface area contributed by atoms with Crippen molar-refractivity contribution in [2.24, 2.45) is 0 Å². The zero-order chi connectivity index (χ0) is 20.1. The number of hydrogen-bond acceptors (Lipinski definition) is 6. The number of nitrogens with one attached hydrogen (secondary N) is 1. The van der Waals surface area contributed by atoms with Crippen molar-refractivity contribution in [3.63, 3.8) is 0 Å². The fraction of sp³-hybridized carbons (Fsp3) is 0.304. The highest BCUT2D eigenvalue weighted by Crippen LogP contribution is 2.28. The molecular formula is C23H26N4O2. The van der Waals surface area contributed by atoms with Gasteiger partial charge in [0.05, 0.1) is 19.9 Å². The van der Waals surface area contributed by atoms with Gasteiger partial charge in [0.1, 0.15) is 5.82 Å². The van der Waals surface area contributed by atoms with Crippen LogP contribution in [-0.2, 0) is 6.54 Å². The van der Waals surface area contributed by atoms with Crippen molar-refractivity contribution >= 4 is 11.8 Å². The lowest BCUT2D eigenvalue weighted by Gasteiger charge is -2.18. The van der Waals surface area contributed by atoms with Gasteiger partial charge in [0.15, 0.2) is 11.5 Å². The van der Waals surface area contributed by atoms with E-state index in [1.807, 2.05) is 42.5 Å². The van der Waals surface area contributed by atoms with Crippen LogP contribution in [0, 0.1) is 0 Å². The van der Waals surface area contributed by atoms with Crippen molar-refractivity contribution in [3.8, 4) is 22.8 Å². The average molecular weight is 390 g/mol. The Kier molecular flexibility index (Phi) is 5.79. The van der Waals surface area contributed by atoms with Crippen molar-refractivity contribution in [1.29, 1.82) is 0 Å². The quantitative estimate of drug-likeness (QED) is 0.646. The zero-order valence-electron chi connectivity index (χ0n) is 16.9. The molecule has 2 aromatic carbocycles. The summed E-state index contributed by atoms with van der Waals surface area (Å²) in [5.74, 6) is 3.05. The molecule has 4 rings (SSSR count). The molecule has 0 atom stereocenters. The highest BCUT2D eigenvalue weighted by atomic mass is 16.5. The molecule has 0 amide bonds. The first-order valence-electron chi connectivity index (χ1n) is 9.91. The number of ether oxygens (including phenoxy) is 2. The van der Waals surface area contributed by atoms with Crippen LogP contribution in [0.5, 0.6) is 11.5 Å². The molecule has 1 N–H and O–H groups in total. The van der Waals surface area contributed by atoms with Gasteiger partial charge in [-0.15, -0.1) is 0 Å². The molecular weight excluding hydrogens is 364 g/mol. The molecule has 1 saturated heterocycles. The molecule has 1 aliphatic rings. The van der Waals surface area contributed by atoms with Crippen LogP contribution in [0.15, 0.2) is 54.6 Å². The summed E-state index contributed by atoms with van der Waals surface area (Å²) in [5, 5.41) is 3.45. The second kappa shape index (κ2) is 8.82. The summed E-state index contributed by atoms with van der Waals surface area (Å²) >= 11 is 0. The number of aromatic nitrogens is 2. The minimum absolute atomic E-state index is 0.630. The Hall–Kier alpha value is -3.28. The van der Waals surface area contributed by atoms with E-state index in [2.05, 4.69) is 22.3 Å². The second-order valence-corrected chi connectivity index (χ2v) is 7.04. The van der Waals surface area contributed by atoms with Crippen LogP contribution in [0.4, 0.5) is 11.8 Å². The molecule has 0 unspecified atom stereocenters. The summed E-state index contributed by atoms with van der Waals surface area (Å²) in [4.78, 5) is 11.9. The molecule has 0 spiro atoms. The third-order valence-electron chi connectivity index (χ3n) is 5.09. The standard InChI is InChI=1S/C23H26N4O2/c1-28-20-11-10-17(14-21(20)29-2)16-24-22-15-19(18-8-4-3-5-9-18)25-23(26-22)27-12-6-7-13-27/h3-5,8-11,14-15H,6-7,12-13,16H2,1-2H3,(H,24,25,26). The van der Waals surface area contributed by atoms with E-state index in [1.165, 1.54) is 12.8 Å². The predicted octanol–water partition coefficient (Wildman–Crippen LogP) is 4.37. The maximum Gasteiger partial charge on any atom is 0.227 e. The van der Waals surface area contributed by atoms with Crippen LogP contribution in [0.1, 0.15) is 18.4 Å². The second-order valence-electron chi connectivity index (χ2n) is 7.04. The molecule has 1 fully saturated rings. The van der Waals surface area contributed by atoms with Gasteiger partial charge in [-0.1, -0.05) is 36.4 Å². The molecule has 0 aliphatic carbocycles. The molecule has 29 heavy (non-hydrogen) atoms.